The van der Waals surface area contributed by atoms with Crippen molar-refractivity contribution < 1.29 is 8.42 Å². The third-order valence-corrected chi connectivity index (χ3v) is 3.77. The maximum atomic E-state index is 11.6. The minimum Gasteiger partial charge on any atom is -0.359 e. The van der Waals surface area contributed by atoms with Crippen LogP contribution in [0, 0.1) is 0 Å². The van der Waals surface area contributed by atoms with Crippen LogP contribution in [0.1, 0.15) is 6.92 Å². The molecule has 5 heteroatoms. The number of hydrogen-bond acceptors (Lipinski definition) is 3. The number of aromatic nitrogens is 2. The smallest absolute Gasteiger partial charge is 0.197 e. The number of rotatable bonds is 2. The van der Waals surface area contributed by atoms with Gasteiger partial charge in [-0.2, -0.15) is 0 Å². The molecule has 4 nitrogen and oxygen atoms in total. The Morgan fingerprint density at radius 2 is 2.21 bits per heavy atom. The van der Waals surface area contributed by atoms with Crippen LogP contribution in [0.2, 0.25) is 0 Å². The first-order chi connectivity index (χ1) is 6.65. The summed E-state index contributed by atoms with van der Waals surface area (Å²) in [6.45, 7) is 1.61. The summed E-state index contributed by atoms with van der Waals surface area (Å²) in [5, 5.41) is 1.01. The Bertz CT molecular complexity index is 557. The SMILES string of the molecule is CCS(=O)(=O)c1nccc2cc[nH]c12. The van der Waals surface area contributed by atoms with Crippen LogP contribution in [0.4, 0.5) is 0 Å². The van der Waals surface area contributed by atoms with E-state index in [-0.39, 0.29) is 10.8 Å². The summed E-state index contributed by atoms with van der Waals surface area (Å²) >= 11 is 0. The van der Waals surface area contributed by atoms with E-state index in [0.29, 0.717) is 5.52 Å². The van der Waals surface area contributed by atoms with E-state index < -0.39 is 9.84 Å². The summed E-state index contributed by atoms with van der Waals surface area (Å²) in [4.78, 5) is 6.79. The molecule has 2 aromatic heterocycles. The van der Waals surface area contributed by atoms with Gasteiger partial charge in [0.05, 0.1) is 11.3 Å². The molecule has 0 bridgehead atoms. The molecule has 0 aliphatic carbocycles. The zero-order valence-corrected chi connectivity index (χ0v) is 8.50. The standard InChI is InChI=1S/C9H10N2O2S/c1-2-14(12,13)9-8-7(3-5-10-8)4-6-11-9/h3-6,10H,2H2,1H3. The monoisotopic (exact) mass is 210 g/mol. The fourth-order valence-corrected chi connectivity index (χ4v) is 2.31. The van der Waals surface area contributed by atoms with E-state index >= 15 is 0 Å². The number of nitrogens with one attached hydrogen (secondary N) is 1. The van der Waals surface area contributed by atoms with Crippen molar-refractivity contribution in [2.24, 2.45) is 0 Å². The minimum atomic E-state index is -3.24. The van der Waals surface area contributed by atoms with Gasteiger partial charge in [0.2, 0.25) is 0 Å². The average molecular weight is 210 g/mol. The van der Waals surface area contributed by atoms with Gasteiger partial charge in [-0.15, -0.1) is 0 Å². The van der Waals surface area contributed by atoms with E-state index in [9.17, 15) is 8.42 Å². The topological polar surface area (TPSA) is 62.8 Å². The largest absolute Gasteiger partial charge is 0.359 e. The lowest BCUT2D eigenvalue weighted by Gasteiger charge is -2.00. The first-order valence-electron chi connectivity index (χ1n) is 4.30. The van der Waals surface area contributed by atoms with Crippen LogP contribution in [-0.2, 0) is 9.84 Å². The molecule has 0 amide bonds. The number of pyridine rings is 1. The molecular formula is C9H10N2O2S. The van der Waals surface area contributed by atoms with Crippen molar-refractivity contribution in [1.29, 1.82) is 0 Å². The summed E-state index contributed by atoms with van der Waals surface area (Å²) in [5.41, 5.74) is 0.592. The van der Waals surface area contributed by atoms with Crippen molar-refractivity contribution in [3.63, 3.8) is 0 Å². The maximum absolute atomic E-state index is 11.6. The van der Waals surface area contributed by atoms with Gasteiger partial charge in [0.1, 0.15) is 0 Å². The third-order valence-electron chi connectivity index (χ3n) is 2.11. The normalized spacial score (nSPS) is 12.1. The summed E-state index contributed by atoms with van der Waals surface area (Å²) in [5.74, 6) is 0.0676. The average Bonchev–Trinajstić information content (AvgIpc) is 2.64. The molecule has 0 radical (unpaired) electrons. The second-order valence-electron chi connectivity index (χ2n) is 2.96. The van der Waals surface area contributed by atoms with Crippen LogP contribution in [-0.4, -0.2) is 24.1 Å². The zero-order chi connectivity index (χ0) is 10.2. The summed E-state index contributed by atoms with van der Waals surface area (Å²) < 4.78 is 23.3. The summed E-state index contributed by atoms with van der Waals surface area (Å²) in [7, 11) is -3.24. The van der Waals surface area contributed by atoms with Crippen molar-refractivity contribution in [1.82, 2.24) is 9.97 Å². The highest BCUT2D eigenvalue weighted by Crippen LogP contribution is 2.19. The van der Waals surface area contributed by atoms with E-state index in [0.717, 1.165) is 5.39 Å². The number of aromatic amines is 1. The number of sulfone groups is 1. The molecule has 0 aliphatic rings. The van der Waals surface area contributed by atoms with Crippen LogP contribution in [0.3, 0.4) is 0 Å². The van der Waals surface area contributed by atoms with E-state index in [1.54, 1.807) is 19.2 Å². The van der Waals surface area contributed by atoms with Gasteiger partial charge in [-0.1, -0.05) is 6.92 Å². The molecule has 74 valence electrons. The molecule has 0 aromatic carbocycles. The lowest BCUT2D eigenvalue weighted by Crippen LogP contribution is -2.06. The highest BCUT2D eigenvalue weighted by molar-refractivity contribution is 7.91. The Kier molecular flexibility index (Phi) is 2.03. The summed E-state index contributed by atoms with van der Waals surface area (Å²) in [6.07, 6.45) is 3.22. The van der Waals surface area contributed by atoms with Gasteiger partial charge in [0.15, 0.2) is 14.9 Å². The molecule has 0 aliphatic heterocycles. The zero-order valence-electron chi connectivity index (χ0n) is 7.69. The molecule has 1 N–H and O–H groups in total. The van der Waals surface area contributed by atoms with Crippen molar-refractivity contribution in [2.45, 2.75) is 11.9 Å². The molecule has 0 atom stereocenters. The highest BCUT2D eigenvalue weighted by Gasteiger charge is 2.17. The predicted octanol–water partition coefficient (Wildman–Crippen LogP) is 1.36. The lowest BCUT2D eigenvalue weighted by molar-refractivity contribution is 0.594. The molecular weight excluding hydrogens is 200 g/mol. The van der Waals surface area contributed by atoms with E-state index in [1.807, 2.05) is 6.07 Å². The van der Waals surface area contributed by atoms with Crippen molar-refractivity contribution >= 4 is 20.7 Å². The van der Waals surface area contributed by atoms with Crippen molar-refractivity contribution in [3.8, 4) is 0 Å². The summed E-state index contributed by atoms with van der Waals surface area (Å²) in [6, 6.07) is 3.60. The number of H-pyrrole nitrogens is 1. The molecule has 0 fully saturated rings. The van der Waals surface area contributed by atoms with E-state index in [2.05, 4.69) is 9.97 Å². The van der Waals surface area contributed by atoms with Crippen LogP contribution in [0.15, 0.2) is 29.6 Å². The number of hydrogen-bond donors (Lipinski definition) is 1. The van der Waals surface area contributed by atoms with Crippen LogP contribution >= 0.6 is 0 Å². The Balaban J connectivity index is 2.81. The van der Waals surface area contributed by atoms with Gasteiger partial charge < -0.3 is 4.98 Å². The molecule has 0 saturated carbocycles. The molecule has 2 rings (SSSR count). The third kappa shape index (κ3) is 1.29. The van der Waals surface area contributed by atoms with Gasteiger partial charge in [0.25, 0.3) is 0 Å². The molecule has 14 heavy (non-hydrogen) atoms. The number of nitrogens with zero attached hydrogens (tertiary/aromatic N) is 1. The Labute approximate surface area is 81.9 Å². The van der Waals surface area contributed by atoms with Gasteiger partial charge >= 0.3 is 0 Å². The van der Waals surface area contributed by atoms with E-state index in [4.69, 9.17) is 0 Å². The van der Waals surface area contributed by atoms with E-state index in [1.165, 1.54) is 6.20 Å². The Morgan fingerprint density at radius 1 is 1.43 bits per heavy atom. The van der Waals surface area contributed by atoms with Crippen molar-refractivity contribution in [2.75, 3.05) is 5.75 Å². The Hall–Kier alpha value is -1.36. The van der Waals surface area contributed by atoms with Crippen molar-refractivity contribution in [3.05, 3.63) is 24.5 Å². The van der Waals surface area contributed by atoms with Crippen LogP contribution in [0.5, 0.6) is 0 Å². The van der Waals surface area contributed by atoms with Gasteiger partial charge in [-0.05, 0) is 12.1 Å². The molecule has 0 spiro atoms. The first-order valence-corrected chi connectivity index (χ1v) is 5.95. The van der Waals surface area contributed by atoms with Gasteiger partial charge in [-0.3, -0.25) is 0 Å². The second kappa shape index (κ2) is 3.09. The minimum absolute atomic E-state index is 0.0676. The molecule has 0 unspecified atom stereocenters. The van der Waals surface area contributed by atoms with Crippen LogP contribution < -0.4 is 0 Å². The first kappa shape index (κ1) is 9.21. The lowest BCUT2D eigenvalue weighted by atomic mass is 10.3. The van der Waals surface area contributed by atoms with Crippen LogP contribution in [0.25, 0.3) is 10.9 Å². The molecule has 2 aromatic rings. The molecule has 0 saturated heterocycles. The number of fused-ring (bicyclic) bond motifs is 1. The molecule has 2 heterocycles. The second-order valence-corrected chi connectivity index (χ2v) is 5.15. The predicted molar refractivity (Wildman–Crippen MR) is 53.8 cm³/mol. The fourth-order valence-electron chi connectivity index (χ4n) is 1.33. The quantitative estimate of drug-likeness (QED) is 0.814. The van der Waals surface area contributed by atoms with Gasteiger partial charge in [-0.25, -0.2) is 13.4 Å². The Morgan fingerprint density at radius 3 is 2.93 bits per heavy atom. The maximum Gasteiger partial charge on any atom is 0.197 e. The highest BCUT2D eigenvalue weighted by atomic mass is 32.2. The van der Waals surface area contributed by atoms with Gasteiger partial charge in [0, 0.05) is 17.8 Å². The fraction of sp³-hybridized carbons (Fsp3) is 0.222.